The topological polar surface area (TPSA) is 9.23 Å². The van der Waals surface area contributed by atoms with Gasteiger partial charge in [-0.15, -0.1) is 0 Å². The molecule has 3 aromatic rings. The van der Waals surface area contributed by atoms with Gasteiger partial charge in [-0.25, -0.2) is 0 Å². The molecule has 0 saturated heterocycles. The van der Waals surface area contributed by atoms with Gasteiger partial charge in [0.1, 0.15) is 0 Å². The van der Waals surface area contributed by atoms with Crippen molar-refractivity contribution in [2.75, 3.05) is 6.61 Å². The summed E-state index contributed by atoms with van der Waals surface area (Å²) in [6.45, 7) is 17.5. The third kappa shape index (κ3) is 6.72. The van der Waals surface area contributed by atoms with Gasteiger partial charge < -0.3 is 0 Å². The molecule has 1 nitrogen and oxygen atoms in total. The maximum absolute atomic E-state index is 7.09. The number of hydrogen-bond donors (Lipinski definition) is 0. The Balaban J connectivity index is 2.07. The summed E-state index contributed by atoms with van der Waals surface area (Å²) >= 11 is -2.94. The average Bonchev–Trinajstić information content (AvgIpc) is 2.80. The van der Waals surface area contributed by atoms with Crippen molar-refractivity contribution < 1.29 is 20.3 Å². The summed E-state index contributed by atoms with van der Waals surface area (Å²) in [5.41, 5.74) is 4.45. The summed E-state index contributed by atoms with van der Waals surface area (Å²) in [5.74, 6) is 0. The molecule has 0 amide bonds. The van der Waals surface area contributed by atoms with Crippen molar-refractivity contribution in [3.63, 3.8) is 0 Å². The van der Waals surface area contributed by atoms with Gasteiger partial charge in [-0.2, -0.15) is 0 Å². The second-order valence-electron chi connectivity index (χ2n) is 11.9. The summed E-state index contributed by atoms with van der Waals surface area (Å²) in [4.78, 5) is 0. The molecule has 0 aliphatic carbocycles. The van der Waals surface area contributed by atoms with Gasteiger partial charge in [0.25, 0.3) is 0 Å². The van der Waals surface area contributed by atoms with E-state index in [4.69, 9.17) is 3.32 Å². The van der Waals surface area contributed by atoms with Crippen LogP contribution in [-0.4, -0.2) is 6.61 Å². The van der Waals surface area contributed by atoms with E-state index in [1.807, 2.05) is 0 Å². The van der Waals surface area contributed by atoms with Crippen LogP contribution in [0, 0.1) is 0 Å². The summed E-state index contributed by atoms with van der Waals surface area (Å²) in [7, 11) is 0. The van der Waals surface area contributed by atoms with Gasteiger partial charge in [-0.3, -0.25) is 0 Å². The summed E-state index contributed by atoms with van der Waals surface area (Å²) in [6.07, 6.45) is 0. The monoisotopic (exact) mass is 492 g/mol. The third-order valence-corrected chi connectivity index (χ3v) is 16.0. The standard InChI is InChI=1S/3C10H13.C2H5O.Ti/c3*1-10(2,3)9-7-5-4-6-8-9;1-2-3;/h3*4-8H,1H2,2-3H3;2H2,1H3;/q;;;-1;+1. The van der Waals surface area contributed by atoms with Gasteiger partial charge in [-0.1, -0.05) is 0 Å². The van der Waals surface area contributed by atoms with Crippen molar-refractivity contribution in [3.8, 4) is 0 Å². The number of hydrogen-bond acceptors (Lipinski definition) is 1. The van der Waals surface area contributed by atoms with Gasteiger partial charge in [0.15, 0.2) is 0 Å². The molecule has 0 saturated carbocycles. The second-order valence-corrected chi connectivity index (χ2v) is 17.7. The predicted octanol–water partition coefficient (Wildman–Crippen LogP) is 9.28. The van der Waals surface area contributed by atoms with E-state index < -0.39 is 17.0 Å². The number of rotatable bonds is 11. The van der Waals surface area contributed by atoms with E-state index in [2.05, 4.69) is 139 Å². The molecule has 0 aliphatic heterocycles. The minimum absolute atomic E-state index is 0.0654. The van der Waals surface area contributed by atoms with Crippen molar-refractivity contribution in [2.45, 2.75) is 78.9 Å². The van der Waals surface area contributed by atoms with E-state index >= 15 is 0 Å². The maximum atomic E-state index is 7.09. The Hall–Kier alpha value is -1.67. The molecule has 0 N–H and O–H groups in total. The number of benzene rings is 3. The molecule has 0 atom stereocenters. The molecule has 2 heteroatoms. The van der Waals surface area contributed by atoms with Crippen LogP contribution in [0.15, 0.2) is 91.0 Å². The van der Waals surface area contributed by atoms with E-state index in [-0.39, 0.29) is 16.2 Å². The fourth-order valence-electron chi connectivity index (χ4n) is 6.04. The van der Waals surface area contributed by atoms with Gasteiger partial charge in [0.2, 0.25) is 0 Å². The van der Waals surface area contributed by atoms with Crippen LogP contribution in [0.5, 0.6) is 0 Å². The van der Waals surface area contributed by atoms with Crippen LogP contribution < -0.4 is 0 Å². The zero-order chi connectivity index (χ0) is 24.9. The van der Waals surface area contributed by atoms with Gasteiger partial charge in [0, 0.05) is 0 Å². The predicted molar refractivity (Wildman–Crippen MR) is 144 cm³/mol. The van der Waals surface area contributed by atoms with Crippen molar-refractivity contribution in [3.05, 3.63) is 108 Å². The van der Waals surface area contributed by atoms with E-state index in [9.17, 15) is 0 Å². The molecular weight excluding hydrogens is 448 g/mol. The fraction of sp³-hybridized carbons (Fsp3) is 0.438. The molecule has 34 heavy (non-hydrogen) atoms. The van der Waals surface area contributed by atoms with E-state index in [1.165, 1.54) is 16.7 Å². The first-order chi connectivity index (χ1) is 16.0. The first-order valence-corrected chi connectivity index (χ1v) is 16.8. The fourth-order valence-corrected chi connectivity index (χ4v) is 16.6. The van der Waals surface area contributed by atoms with Crippen molar-refractivity contribution in [2.24, 2.45) is 0 Å². The molecule has 0 fully saturated rings. The Morgan fingerprint density at radius 1 is 0.500 bits per heavy atom. The second kappa shape index (κ2) is 10.9. The molecule has 0 spiro atoms. The van der Waals surface area contributed by atoms with Crippen LogP contribution in [-0.2, 0) is 36.5 Å². The molecule has 182 valence electrons. The quantitative estimate of drug-likeness (QED) is 0.242. The first-order valence-electron chi connectivity index (χ1n) is 12.8. The van der Waals surface area contributed by atoms with Crippen LogP contribution in [0.4, 0.5) is 0 Å². The van der Waals surface area contributed by atoms with E-state index in [0.29, 0.717) is 0 Å². The minimum atomic E-state index is -2.94. The Morgan fingerprint density at radius 3 is 1.00 bits per heavy atom. The van der Waals surface area contributed by atoms with Crippen LogP contribution in [0.3, 0.4) is 0 Å². The molecule has 0 bridgehead atoms. The van der Waals surface area contributed by atoms with Crippen LogP contribution in [0.25, 0.3) is 0 Å². The molecule has 3 aromatic carbocycles. The Labute approximate surface area is 212 Å². The molecule has 3 rings (SSSR count). The molecular formula is C32H44OTi. The van der Waals surface area contributed by atoms with Gasteiger partial charge in [-0.05, 0) is 0 Å². The molecule has 0 radical (unpaired) electrons. The van der Waals surface area contributed by atoms with Gasteiger partial charge >= 0.3 is 213 Å². The Bertz CT molecular complexity index is 877. The molecule has 0 aliphatic rings. The Morgan fingerprint density at radius 2 is 0.765 bits per heavy atom. The van der Waals surface area contributed by atoms with Crippen LogP contribution in [0.2, 0.25) is 14.2 Å². The van der Waals surface area contributed by atoms with Crippen LogP contribution >= 0.6 is 0 Å². The summed E-state index contributed by atoms with van der Waals surface area (Å²) in [5, 5.41) is 0. The molecule has 0 aromatic heterocycles. The zero-order valence-electron chi connectivity index (χ0n) is 22.4. The normalized spacial score (nSPS) is 13.1. The third-order valence-electron chi connectivity index (χ3n) is 7.41. The van der Waals surface area contributed by atoms with E-state index in [0.717, 1.165) is 20.8 Å². The van der Waals surface area contributed by atoms with Crippen LogP contribution in [0.1, 0.15) is 65.2 Å². The van der Waals surface area contributed by atoms with Crippen molar-refractivity contribution >= 4 is 0 Å². The van der Waals surface area contributed by atoms with Crippen molar-refractivity contribution in [1.82, 2.24) is 0 Å². The SMILES string of the molecule is CC[O][Ti]([CH2]C(C)(C)c1ccccc1)([CH2]C(C)(C)c1ccccc1)[CH2]C(C)(C)c1ccccc1. The molecule has 0 heterocycles. The van der Waals surface area contributed by atoms with Crippen molar-refractivity contribution in [1.29, 1.82) is 0 Å². The summed E-state index contributed by atoms with van der Waals surface area (Å²) in [6, 6.07) is 33.2. The summed E-state index contributed by atoms with van der Waals surface area (Å²) < 4.78 is 10.5. The van der Waals surface area contributed by atoms with E-state index in [1.54, 1.807) is 0 Å². The zero-order valence-corrected chi connectivity index (χ0v) is 24.0. The first kappa shape index (κ1) is 26.9. The molecule has 0 unspecified atom stereocenters. The Kier molecular flexibility index (Phi) is 8.67. The average molecular weight is 493 g/mol. The van der Waals surface area contributed by atoms with Gasteiger partial charge in [0.05, 0.1) is 0 Å².